The van der Waals surface area contributed by atoms with Gasteiger partial charge in [0.05, 0.1) is 5.69 Å². The fraction of sp³-hybridized carbons (Fsp3) is 0.304. The third-order valence-electron chi connectivity index (χ3n) is 5.51. The van der Waals surface area contributed by atoms with E-state index in [1.165, 1.54) is 6.07 Å². The summed E-state index contributed by atoms with van der Waals surface area (Å²) in [5.74, 6) is -0.557. The first-order valence-electron chi connectivity index (χ1n) is 10.5. The van der Waals surface area contributed by atoms with Gasteiger partial charge in [-0.2, -0.15) is 23.4 Å². The average molecular weight is 456 g/mol. The van der Waals surface area contributed by atoms with Crippen LogP contribution in [0.1, 0.15) is 39.4 Å². The lowest BCUT2D eigenvalue weighted by Gasteiger charge is -2.11. The molecule has 0 spiro atoms. The van der Waals surface area contributed by atoms with Gasteiger partial charge in [-0.3, -0.25) is 9.48 Å². The second kappa shape index (κ2) is 8.68. The third-order valence-corrected chi connectivity index (χ3v) is 5.51. The zero-order chi connectivity index (χ0) is 23.8. The third kappa shape index (κ3) is 4.74. The van der Waals surface area contributed by atoms with E-state index in [0.717, 1.165) is 22.9 Å². The number of halogens is 3. The Kier molecular flexibility index (Phi) is 5.92. The molecule has 3 aromatic heterocycles. The molecule has 0 aliphatic heterocycles. The maximum atomic E-state index is 13.8. The molecule has 0 aliphatic rings. The molecule has 1 N–H and O–H groups in total. The summed E-state index contributed by atoms with van der Waals surface area (Å²) in [6, 6.07) is 9.47. The van der Waals surface area contributed by atoms with Gasteiger partial charge in [-0.15, -0.1) is 0 Å². The van der Waals surface area contributed by atoms with Crippen molar-refractivity contribution in [3.05, 3.63) is 70.8 Å². The van der Waals surface area contributed by atoms with E-state index >= 15 is 0 Å². The minimum atomic E-state index is -4.67. The maximum Gasteiger partial charge on any atom is 0.433 e. The van der Waals surface area contributed by atoms with Gasteiger partial charge in [0, 0.05) is 36.6 Å². The Morgan fingerprint density at radius 3 is 2.52 bits per heavy atom. The molecule has 0 unspecified atom stereocenters. The van der Waals surface area contributed by atoms with Crippen molar-refractivity contribution in [2.75, 3.05) is 6.54 Å². The molecular formula is C23H23F3N6O. The van der Waals surface area contributed by atoms with Crippen LogP contribution >= 0.6 is 0 Å². The van der Waals surface area contributed by atoms with E-state index in [4.69, 9.17) is 0 Å². The van der Waals surface area contributed by atoms with Crippen molar-refractivity contribution < 1.29 is 18.0 Å². The van der Waals surface area contributed by atoms with Crippen LogP contribution in [0.2, 0.25) is 0 Å². The van der Waals surface area contributed by atoms with Crippen LogP contribution in [-0.4, -0.2) is 36.8 Å². The van der Waals surface area contributed by atoms with Crippen molar-refractivity contribution in [3.8, 4) is 11.3 Å². The molecule has 0 aliphatic carbocycles. The highest BCUT2D eigenvalue weighted by Gasteiger charge is 2.35. The van der Waals surface area contributed by atoms with Crippen molar-refractivity contribution in [3.63, 3.8) is 0 Å². The van der Waals surface area contributed by atoms with Crippen LogP contribution in [0.5, 0.6) is 0 Å². The summed E-state index contributed by atoms with van der Waals surface area (Å²) in [6.45, 7) is 6.69. The van der Waals surface area contributed by atoms with Crippen LogP contribution in [0.15, 0.2) is 42.6 Å². The monoisotopic (exact) mass is 456 g/mol. The standard InChI is InChI=1S/C23H23F3N6O/c1-14-5-6-17(11-15(14)2)18-12-20(23(24,25)26)32-21(29-18)13-19(30-32)22(33)27-8-4-10-31-16(3)7-9-28-31/h5-7,9,11-13H,4,8,10H2,1-3H3,(H,27,33). The summed E-state index contributed by atoms with van der Waals surface area (Å²) in [6.07, 6.45) is -2.36. The topological polar surface area (TPSA) is 77.1 Å². The second-order valence-electron chi connectivity index (χ2n) is 7.93. The SMILES string of the molecule is Cc1ccc(-c2cc(C(F)(F)F)n3nc(C(=O)NCCCn4nccc4C)cc3n2)cc1C. The van der Waals surface area contributed by atoms with E-state index in [9.17, 15) is 18.0 Å². The van der Waals surface area contributed by atoms with Crippen LogP contribution < -0.4 is 5.32 Å². The number of aryl methyl sites for hydroxylation is 4. The molecule has 0 bridgehead atoms. The summed E-state index contributed by atoms with van der Waals surface area (Å²) in [5, 5.41) is 10.8. The van der Waals surface area contributed by atoms with Crippen molar-refractivity contribution >= 4 is 11.6 Å². The minimum absolute atomic E-state index is 0.0460. The minimum Gasteiger partial charge on any atom is -0.351 e. The number of hydrogen-bond donors (Lipinski definition) is 1. The number of carbonyl (C=O) groups excluding carboxylic acids is 1. The van der Waals surface area contributed by atoms with Gasteiger partial charge in [0.1, 0.15) is 0 Å². The van der Waals surface area contributed by atoms with Gasteiger partial charge in [0.25, 0.3) is 5.91 Å². The molecule has 33 heavy (non-hydrogen) atoms. The molecule has 0 saturated heterocycles. The smallest absolute Gasteiger partial charge is 0.351 e. The molecule has 0 saturated carbocycles. The van der Waals surface area contributed by atoms with E-state index < -0.39 is 17.8 Å². The van der Waals surface area contributed by atoms with Crippen molar-refractivity contribution in [1.82, 2.24) is 29.7 Å². The van der Waals surface area contributed by atoms with Crippen LogP contribution in [0, 0.1) is 20.8 Å². The van der Waals surface area contributed by atoms with Gasteiger partial charge in [-0.1, -0.05) is 12.1 Å². The Hall–Kier alpha value is -3.69. The molecule has 10 heteroatoms. The quantitative estimate of drug-likeness (QED) is 0.438. The number of aromatic nitrogens is 5. The highest BCUT2D eigenvalue weighted by atomic mass is 19.4. The zero-order valence-corrected chi connectivity index (χ0v) is 18.4. The number of amides is 1. The number of rotatable bonds is 6. The van der Waals surface area contributed by atoms with Crippen LogP contribution in [-0.2, 0) is 12.7 Å². The second-order valence-corrected chi connectivity index (χ2v) is 7.93. The van der Waals surface area contributed by atoms with Crippen molar-refractivity contribution in [2.24, 2.45) is 0 Å². The number of nitrogens with zero attached hydrogens (tertiary/aromatic N) is 5. The zero-order valence-electron chi connectivity index (χ0n) is 18.4. The molecule has 172 valence electrons. The Bertz CT molecular complexity index is 1320. The molecule has 1 amide bonds. The van der Waals surface area contributed by atoms with Crippen LogP contribution in [0.3, 0.4) is 0 Å². The fourth-order valence-electron chi connectivity index (χ4n) is 3.49. The molecule has 0 fully saturated rings. The van der Waals surface area contributed by atoms with Gasteiger partial charge in [0.2, 0.25) is 0 Å². The van der Waals surface area contributed by atoms with E-state index in [0.29, 0.717) is 29.6 Å². The van der Waals surface area contributed by atoms with Gasteiger partial charge < -0.3 is 5.32 Å². The molecule has 0 atom stereocenters. The maximum absolute atomic E-state index is 13.8. The first kappa shape index (κ1) is 22.5. The van der Waals surface area contributed by atoms with E-state index in [-0.39, 0.29) is 17.0 Å². The van der Waals surface area contributed by atoms with Crippen LogP contribution in [0.4, 0.5) is 13.2 Å². The first-order valence-corrected chi connectivity index (χ1v) is 10.5. The number of fused-ring (bicyclic) bond motifs is 1. The number of nitrogens with one attached hydrogen (secondary N) is 1. The summed E-state index contributed by atoms with van der Waals surface area (Å²) in [4.78, 5) is 16.9. The highest BCUT2D eigenvalue weighted by Crippen LogP contribution is 2.32. The van der Waals surface area contributed by atoms with Gasteiger partial charge >= 0.3 is 6.18 Å². The lowest BCUT2D eigenvalue weighted by molar-refractivity contribution is -0.142. The van der Waals surface area contributed by atoms with E-state index in [1.54, 1.807) is 18.3 Å². The fourth-order valence-corrected chi connectivity index (χ4v) is 3.49. The molecule has 7 nitrogen and oxygen atoms in total. The molecule has 4 rings (SSSR count). The number of hydrogen-bond acceptors (Lipinski definition) is 4. The Balaban J connectivity index is 1.59. The molecular weight excluding hydrogens is 433 g/mol. The number of alkyl halides is 3. The van der Waals surface area contributed by atoms with Crippen molar-refractivity contribution in [1.29, 1.82) is 0 Å². The van der Waals surface area contributed by atoms with E-state index in [2.05, 4.69) is 20.5 Å². The van der Waals surface area contributed by atoms with Crippen molar-refractivity contribution in [2.45, 2.75) is 39.9 Å². The Morgan fingerprint density at radius 1 is 1.06 bits per heavy atom. The molecule has 4 aromatic rings. The summed E-state index contributed by atoms with van der Waals surface area (Å²) >= 11 is 0. The van der Waals surface area contributed by atoms with Gasteiger partial charge in [0.15, 0.2) is 17.0 Å². The normalized spacial score (nSPS) is 11.8. The molecule has 1 aromatic carbocycles. The summed E-state index contributed by atoms with van der Waals surface area (Å²) < 4.78 is 43.8. The predicted molar refractivity (Wildman–Crippen MR) is 117 cm³/mol. The Labute approximate surface area is 188 Å². The average Bonchev–Trinajstić information content (AvgIpc) is 3.37. The number of benzene rings is 1. The predicted octanol–water partition coefficient (Wildman–Crippen LogP) is 4.36. The lowest BCUT2D eigenvalue weighted by Crippen LogP contribution is -2.26. The molecule has 3 heterocycles. The largest absolute Gasteiger partial charge is 0.433 e. The first-order chi connectivity index (χ1) is 15.6. The number of carbonyl (C=O) groups is 1. The molecule has 0 radical (unpaired) electrons. The highest BCUT2D eigenvalue weighted by molar-refractivity contribution is 5.93. The lowest BCUT2D eigenvalue weighted by atomic mass is 10.0. The van der Waals surface area contributed by atoms with E-state index in [1.807, 2.05) is 37.6 Å². The Morgan fingerprint density at radius 2 is 1.85 bits per heavy atom. The van der Waals surface area contributed by atoms with Gasteiger partial charge in [-0.25, -0.2) is 9.50 Å². The van der Waals surface area contributed by atoms with Crippen LogP contribution in [0.25, 0.3) is 16.9 Å². The van der Waals surface area contributed by atoms with Gasteiger partial charge in [-0.05, 0) is 56.5 Å². The summed E-state index contributed by atoms with van der Waals surface area (Å²) in [7, 11) is 0. The summed E-state index contributed by atoms with van der Waals surface area (Å²) in [5.41, 5.74) is 2.55.